The van der Waals surface area contributed by atoms with E-state index in [1.54, 1.807) is 0 Å². The molecule has 0 saturated carbocycles. The van der Waals surface area contributed by atoms with Crippen LogP contribution >= 0.6 is 0 Å². The number of para-hydroxylation sites is 1. The molecule has 0 amide bonds. The first-order valence-corrected chi connectivity index (χ1v) is 6.72. The third kappa shape index (κ3) is 4.56. The van der Waals surface area contributed by atoms with E-state index in [0.717, 1.165) is 36.4 Å². The van der Waals surface area contributed by atoms with Crippen molar-refractivity contribution in [3.8, 4) is 11.5 Å². The summed E-state index contributed by atoms with van der Waals surface area (Å²) in [6.45, 7) is 0. The van der Waals surface area contributed by atoms with Gasteiger partial charge in [0.1, 0.15) is 11.5 Å². The number of benzene rings is 2. The minimum atomic E-state index is -4.66. The van der Waals surface area contributed by atoms with Gasteiger partial charge in [-0.15, -0.1) is 0 Å². The molecule has 9 heteroatoms. The number of ether oxygens (including phenoxy) is 1. The number of nitro benzene ring substituents is 1. The summed E-state index contributed by atoms with van der Waals surface area (Å²) in [5.74, 6) is -1.98. The molecule has 0 aliphatic rings. The largest absolute Gasteiger partial charge is 0.478 e. The van der Waals surface area contributed by atoms with Gasteiger partial charge >= 0.3 is 12.1 Å². The molecule has 0 bridgehead atoms. The minimum absolute atomic E-state index is 0.0476. The van der Waals surface area contributed by atoms with Crippen molar-refractivity contribution < 1.29 is 32.7 Å². The van der Waals surface area contributed by atoms with Gasteiger partial charge in [0.15, 0.2) is 0 Å². The molecule has 0 radical (unpaired) electrons. The van der Waals surface area contributed by atoms with Crippen LogP contribution in [0.2, 0.25) is 0 Å². The van der Waals surface area contributed by atoms with Gasteiger partial charge in [-0.25, -0.2) is 4.79 Å². The van der Waals surface area contributed by atoms with E-state index in [-0.39, 0.29) is 17.0 Å². The van der Waals surface area contributed by atoms with Crippen LogP contribution in [0.3, 0.4) is 0 Å². The van der Waals surface area contributed by atoms with Crippen LogP contribution in [0, 0.1) is 10.1 Å². The second-order valence-corrected chi connectivity index (χ2v) is 4.75. The minimum Gasteiger partial charge on any atom is -0.478 e. The first-order valence-electron chi connectivity index (χ1n) is 6.72. The van der Waals surface area contributed by atoms with Crippen molar-refractivity contribution in [1.29, 1.82) is 0 Å². The SMILES string of the molecule is O=C(O)/C=C/c1cc([N+](=O)[O-])ccc1Oc1ccccc1C(F)(F)F. The Morgan fingerprint density at radius 2 is 1.84 bits per heavy atom. The Kier molecular flexibility index (Phi) is 5.06. The number of hydrogen-bond donors (Lipinski definition) is 1. The summed E-state index contributed by atoms with van der Waals surface area (Å²) in [6.07, 6.45) is -2.96. The van der Waals surface area contributed by atoms with Crippen LogP contribution in [0.15, 0.2) is 48.5 Å². The zero-order valence-corrected chi connectivity index (χ0v) is 12.4. The third-order valence-electron chi connectivity index (χ3n) is 3.02. The molecule has 0 fully saturated rings. The van der Waals surface area contributed by atoms with E-state index >= 15 is 0 Å². The first kappa shape index (κ1) is 18.0. The Balaban J connectivity index is 2.49. The normalized spacial score (nSPS) is 11.5. The molecule has 6 nitrogen and oxygen atoms in total. The highest BCUT2D eigenvalue weighted by atomic mass is 19.4. The molecule has 0 unspecified atom stereocenters. The molecule has 0 atom stereocenters. The van der Waals surface area contributed by atoms with Crippen molar-refractivity contribution in [1.82, 2.24) is 0 Å². The predicted molar refractivity (Wildman–Crippen MR) is 81.3 cm³/mol. The zero-order valence-electron chi connectivity index (χ0n) is 12.4. The summed E-state index contributed by atoms with van der Waals surface area (Å²) in [5, 5.41) is 19.5. The molecule has 0 spiro atoms. The van der Waals surface area contributed by atoms with Crippen LogP contribution in [-0.2, 0) is 11.0 Å². The fourth-order valence-electron chi connectivity index (χ4n) is 1.94. The number of hydrogen-bond acceptors (Lipinski definition) is 4. The van der Waals surface area contributed by atoms with Crippen LogP contribution in [0.5, 0.6) is 11.5 Å². The third-order valence-corrected chi connectivity index (χ3v) is 3.02. The van der Waals surface area contributed by atoms with E-state index < -0.39 is 28.4 Å². The first-order chi connectivity index (χ1) is 11.7. The van der Waals surface area contributed by atoms with Gasteiger partial charge < -0.3 is 9.84 Å². The molecule has 130 valence electrons. The Labute approximate surface area is 138 Å². The number of aliphatic carboxylic acids is 1. The smallest absolute Gasteiger partial charge is 0.419 e. The Morgan fingerprint density at radius 3 is 2.44 bits per heavy atom. The Bertz CT molecular complexity index is 846. The van der Waals surface area contributed by atoms with Gasteiger partial charge in [0, 0.05) is 23.8 Å². The summed E-state index contributed by atoms with van der Waals surface area (Å²) in [6, 6.07) is 7.60. The number of alkyl halides is 3. The lowest BCUT2D eigenvalue weighted by atomic mass is 10.1. The second-order valence-electron chi connectivity index (χ2n) is 4.75. The van der Waals surface area contributed by atoms with Crippen molar-refractivity contribution in [2.24, 2.45) is 0 Å². The van der Waals surface area contributed by atoms with Crippen molar-refractivity contribution >= 4 is 17.7 Å². The molecule has 2 rings (SSSR count). The van der Waals surface area contributed by atoms with E-state index in [1.807, 2.05) is 0 Å². The standard InChI is InChI=1S/C16H10F3NO5/c17-16(18,19)12-3-1-2-4-14(12)25-13-7-6-11(20(23)24)9-10(13)5-8-15(21)22/h1-9H,(H,21,22)/b8-5+. The quantitative estimate of drug-likeness (QED) is 0.485. The van der Waals surface area contributed by atoms with E-state index in [4.69, 9.17) is 9.84 Å². The topological polar surface area (TPSA) is 89.7 Å². The van der Waals surface area contributed by atoms with Gasteiger partial charge in [0.2, 0.25) is 0 Å². The van der Waals surface area contributed by atoms with Crippen LogP contribution in [-0.4, -0.2) is 16.0 Å². The van der Waals surface area contributed by atoms with Gasteiger partial charge in [-0.05, 0) is 24.3 Å². The maximum atomic E-state index is 13.0. The number of carbonyl (C=O) groups is 1. The molecule has 0 aromatic heterocycles. The van der Waals surface area contributed by atoms with Gasteiger partial charge in [-0.2, -0.15) is 13.2 Å². The molecule has 2 aromatic carbocycles. The maximum Gasteiger partial charge on any atom is 0.419 e. The number of nitrogens with zero attached hydrogens (tertiary/aromatic N) is 1. The van der Waals surface area contributed by atoms with E-state index in [0.29, 0.717) is 6.08 Å². The number of carboxylic acids is 1. The second kappa shape index (κ2) is 7.04. The molecular formula is C16H10F3NO5. The molecule has 0 aliphatic heterocycles. The average molecular weight is 353 g/mol. The summed E-state index contributed by atoms with van der Waals surface area (Å²) >= 11 is 0. The van der Waals surface area contributed by atoms with Crippen LogP contribution < -0.4 is 4.74 Å². The lowest BCUT2D eigenvalue weighted by Gasteiger charge is -2.14. The molecule has 0 aliphatic carbocycles. The number of carboxylic acid groups (broad SMARTS) is 1. The van der Waals surface area contributed by atoms with Crippen molar-refractivity contribution in [2.75, 3.05) is 0 Å². The van der Waals surface area contributed by atoms with E-state index in [9.17, 15) is 28.1 Å². The highest BCUT2D eigenvalue weighted by Crippen LogP contribution is 2.39. The molecule has 0 heterocycles. The van der Waals surface area contributed by atoms with Crippen LogP contribution in [0.1, 0.15) is 11.1 Å². The fourth-order valence-corrected chi connectivity index (χ4v) is 1.94. The number of non-ortho nitro benzene ring substituents is 1. The number of nitro groups is 1. The Morgan fingerprint density at radius 1 is 1.16 bits per heavy atom. The van der Waals surface area contributed by atoms with E-state index in [1.165, 1.54) is 12.1 Å². The van der Waals surface area contributed by atoms with Crippen molar-refractivity contribution in [3.63, 3.8) is 0 Å². The predicted octanol–water partition coefficient (Wildman–Crippen LogP) is 4.50. The van der Waals surface area contributed by atoms with Crippen LogP contribution in [0.4, 0.5) is 18.9 Å². The lowest BCUT2D eigenvalue weighted by Crippen LogP contribution is -2.07. The fraction of sp³-hybridized carbons (Fsp3) is 0.0625. The zero-order chi connectivity index (χ0) is 18.6. The molecule has 0 saturated heterocycles. The summed E-state index contributed by atoms with van der Waals surface area (Å²) in [7, 11) is 0. The molecule has 2 aromatic rings. The number of halogens is 3. The summed E-state index contributed by atoms with van der Waals surface area (Å²) in [5.41, 5.74) is -1.43. The average Bonchev–Trinajstić information content (AvgIpc) is 2.53. The van der Waals surface area contributed by atoms with Gasteiger partial charge in [0.25, 0.3) is 5.69 Å². The van der Waals surface area contributed by atoms with Crippen LogP contribution in [0.25, 0.3) is 6.08 Å². The van der Waals surface area contributed by atoms with Gasteiger partial charge in [-0.3, -0.25) is 10.1 Å². The van der Waals surface area contributed by atoms with Crippen molar-refractivity contribution in [2.45, 2.75) is 6.18 Å². The highest BCUT2D eigenvalue weighted by molar-refractivity contribution is 5.86. The Hall–Kier alpha value is -3.36. The molecule has 1 N–H and O–H groups in total. The maximum absolute atomic E-state index is 13.0. The van der Waals surface area contributed by atoms with Gasteiger partial charge in [0.05, 0.1) is 10.5 Å². The molecular weight excluding hydrogens is 343 g/mol. The number of rotatable bonds is 5. The summed E-state index contributed by atoms with van der Waals surface area (Å²) in [4.78, 5) is 20.7. The highest BCUT2D eigenvalue weighted by Gasteiger charge is 2.34. The monoisotopic (exact) mass is 353 g/mol. The summed E-state index contributed by atoms with van der Waals surface area (Å²) < 4.78 is 44.3. The van der Waals surface area contributed by atoms with E-state index in [2.05, 4.69) is 0 Å². The lowest BCUT2D eigenvalue weighted by molar-refractivity contribution is -0.384. The van der Waals surface area contributed by atoms with Gasteiger partial charge in [-0.1, -0.05) is 12.1 Å². The van der Waals surface area contributed by atoms with Crippen molar-refractivity contribution in [3.05, 3.63) is 69.8 Å². The molecule has 25 heavy (non-hydrogen) atoms.